The molecule has 1 amide bonds. The number of benzene rings is 2. The van der Waals surface area contributed by atoms with Crippen LogP contribution in [0.5, 0.6) is 5.88 Å². The van der Waals surface area contributed by atoms with Gasteiger partial charge in [-0.2, -0.15) is 13.2 Å². The summed E-state index contributed by atoms with van der Waals surface area (Å²) in [6, 6.07) is 18.6. The average molecular weight is 477 g/mol. The number of ether oxygens (including phenoxy) is 1. The summed E-state index contributed by atoms with van der Waals surface area (Å²) in [5, 5.41) is 3.58. The molecule has 3 atom stereocenters. The average Bonchev–Trinajstić information content (AvgIpc) is 2.78. The highest BCUT2D eigenvalue weighted by molar-refractivity contribution is 6.30. The van der Waals surface area contributed by atoms with Crippen LogP contribution in [0.2, 0.25) is 5.02 Å². The van der Waals surface area contributed by atoms with Crippen LogP contribution in [-0.2, 0) is 17.4 Å². The Balaban J connectivity index is 1.71. The van der Waals surface area contributed by atoms with Gasteiger partial charge in [-0.3, -0.25) is 4.79 Å². The quantitative estimate of drug-likeness (QED) is 0.430. The minimum atomic E-state index is -4.52. The molecule has 0 radical (unpaired) electrons. The number of nitrogens with one attached hydrogen (secondary N) is 1. The zero-order valence-corrected chi connectivity index (χ0v) is 18.9. The summed E-state index contributed by atoms with van der Waals surface area (Å²) in [4.78, 5) is 16.6. The van der Waals surface area contributed by atoms with Crippen LogP contribution in [0.3, 0.4) is 0 Å². The van der Waals surface area contributed by atoms with Crippen LogP contribution in [0.15, 0.2) is 72.9 Å². The van der Waals surface area contributed by atoms with Crippen molar-refractivity contribution in [2.45, 2.75) is 44.5 Å². The van der Waals surface area contributed by atoms with Gasteiger partial charge in [-0.15, -0.1) is 0 Å². The molecule has 174 valence electrons. The number of halogens is 4. The second-order valence-corrected chi connectivity index (χ2v) is 8.22. The van der Waals surface area contributed by atoms with Crippen LogP contribution < -0.4 is 10.1 Å². The molecule has 33 heavy (non-hydrogen) atoms. The van der Waals surface area contributed by atoms with E-state index in [1.807, 2.05) is 61.5 Å². The number of carbonyl (C=O) groups excluding carboxylic acids is 1. The summed E-state index contributed by atoms with van der Waals surface area (Å²) in [7, 11) is 0. The molecule has 0 unspecified atom stereocenters. The summed E-state index contributed by atoms with van der Waals surface area (Å²) in [5.41, 5.74) is 1.22. The Bertz CT molecular complexity index is 1060. The first-order valence-electron chi connectivity index (χ1n) is 10.4. The van der Waals surface area contributed by atoms with E-state index in [1.165, 1.54) is 6.92 Å². The molecule has 0 bridgehead atoms. The molecule has 0 aliphatic carbocycles. The van der Waals surface area contributed by atoms with Crippen LogP contribution in [0.1, 0.15) is 36.5 Å². The molecule has 0 aliphatic heterocycles. The number of alkyl halides is 3. The molecule has 0 fully saturated rings. The van der Waals surface area contributed by atoms with Gasteiger partial charge in [-0.1, -0.05) is 54.1 Å². The van der Waals surface area contributed by atoms with E-state index in [0.717, 1.165) is 29.5 Å². The molecule has 4 nitrogen and oxygen atoms in total. The number of rotatable bonds is 8. The summed E-state index contributed by atoms with van der Waals surface area (Å²) in [5.74, 6) is -0.755. The number of amides is 1. The first-order chi connectivity index (χ1) is 15.6. The van der Waals surface area contributed by atoms with E-state index < -0.39 is 23.8 Å². The van der Waals surface area contributed by atoms with Crippen molar-refractivity contribution in [3.63, 3.8) is 0 Å². The lowest BCUT2D eigenvalue weighted by Gasteiger charge is -2.27. The highest BCUT2D eigenvalue weighted by atomic mass is 35.5. The van der Waals surface area contributed by atoms with Gasteiger partial charge in [0, 0.05) is 29.2 Å². The first-order valence-corrected chi connectivity index (χ1v) is 10.8. The van der Waals surface area contributed by atoms with Crippen molar-refractivity contribution < 1.29 is 22.7 Å². The van der Waals surface area contributed by atoms with Crippen LogP contribution in [-0.4, -0.2) is 23.0 Å². The van der Waals surface area contributed by atoms with Crippen molar-refractivity contribution in [1.82, 2.24) is 10.3 Å². The lowest BCUT2D eigenvalue weighted by molar-refractivity contribution is -0.137. The van der Waals surface area contributed by atoms with Crippen LogP contribution in [0.25, 0.3) is 0 Å². The smallest absolute Gasteiger partial charge is 0.416 e. The monoisotopic (exact) mass is 476 g/mol. The minimum absolute atomic E-state index is 0.0461. The van der Waals surface area contributed by atoms with E-state index in [4.69, 9.17) is 16.3 Å². The maximum Gasteiger partial charge on any atom is 0.416 e. The Kier molecular flexibility index (Phi) is 7.97. The fraction of sp³-hybridized carbons (Fsp3) is 0.280. The lowest BCUT2D eigenvalue weighted by atomic mass is 9.86. The third kappa shape index (κ3) is 6.96. The van der Waals surface area contributed by atoms with Gasteiger partial charge in [0.05, 0.1) is 5.56 Å². The van der Waals surface area contributed by atoms with Gasteiger partial charge >= 0.3 is 6.18 Å². The van der Waals surface area contributed by atoms with Crippen molar-refractivity contribution in [2.24, 2.45) is 0 Å². The number of hydrogen-bond acceptors (Lipinski definition) is 3. The van der Waals surface area contributed by atoms with Gasteiger partial charge in [0.1, 0.15) is 0 Å². The van der Waals surface area contributed by atoms with E-state index in [0.29, 0.717) is 11.4 Å². The summed E-state index contributed by atoms with van der Waals surface area (Å²) in [6.45, 7) is 3.36. The molecule has 0 saturated carbocycles. The molecule has 3 rings (SSSR count). The van der Waals surface area contributed by atoms with Crippen molar-refractivity contribution in [3.8, 4) is 5.88 Å². The number of nitrogens with zero attached hydrogens (tertiary/aromatic N) is 1. The fourth-order valence-electron chi connectivity index (χ4n) is 3.49. The summed E-state index contributed by atoms with van der Waals surface area (Å²) in [6.07, 6.45) is -3.89. The van der Waals surface area contributed by atoms with Gasteiger partial charge in [-0.25, -0.2) is 4.98 Å². The van der Waals surface area contributed by atoms with Crippen LogP contribution >= 0.6 is 11.6 Å². The summed E-state index contributed by atoms with van der Waals surface area (Å²) < 4.78 is 44.1. The number of carbonyl (C=O) groups is 1. The van der Waals surface area contributed by atoms with E-state index in [-0.39, 0.29) is 17.8 Å². The standard InChI is InChI=1S/C25H24ClF3N2O2/c1-16(22(19-6-4-3-5-7-19)14-18-8-10-21(26)11-9-18)31-24(32)17(2)33-23-15-20(12-13-30-23)25(27,28)29/h3-13,15-17,22H,14H2,1-2H3,(H,31,32)/t16-,17+,22+/m0/s1. The molecule has 0 aliphatic rings. The summed E-state index contributed by atoms with van der Waals surface area (Å²) >= 11 is 5.99. The first kappa shape index (κ1) is 24.6. The van der Waals surface area contributed by atoms with E-state index in [9.17, 15) is 18.0 Å². The minimum Gasteiger partial charge on any atom is -0.465 e. The Hall–Kier alpha value is -3.06. The maximum atomic E-state index is 12.9. The Morgan fingerprint density at radius 1 is 1.06 bits per heavy atom. The molecule has 2 aromatic carbocycles. The molecular formula is C25H24ClF3N2O2. The van der Waals surface area contributed by atoms with Crippen molar-refractivity contribution in [3.05, 3.63) is 94.6 Å². The fourth-order valence-corrected chi connectivity index (χ4v) is 3.61. The maximum absolute atomic E-state index is 12.9. The zero-order valence-electron chi connectivity index (χ0n) is 18.1. The Labute approximate surface area is 195 Å². The number of pyridine rings is 1. The second kappa shape index (κ2) is 10.7. The molecular weight excluding hydrogens is 453 g/mol. The van der Waals surface area contributed by atoms with Crippen molar-refractivity contribution >= 4 is 17.5 Å². The van der Waals surface area contributed by atoms with E-state index in [1.54, 1.807) is 0 Å². The molecule has 0 saturated heterocycles. The van der Waals surface area contributed by atoms with Crippen molar-refractivity contribution in [1.29, 1.82) is 0 Å². The zero-order chi connectivity index (χ0) is 24.0. The highest BCUT2D eigenvalue weighted by Crippen LogP contribution is 2.30. The topological polar surface area (TPSA) is 51.2 Å². The number of hydrogen-bond donors (Lipinski definition) is 1. The SMILES string of the molecule is C[C@H](NC(=O)[C@@H](C)Oc1cc(C(F)(F)F)ccn1)[C@@H](Cc1ccc(Cl)cc1)c1ccccc1. The van der Waals surface area contributed by atoms with Gasteiger partial charge < -0.3 is 10.1 Å². The molecule has 1 heterocycles. The lowest BCUT2D eigenvalue weighted by Crippen LogP contribution is -2.44. The Morgan fingerprint density at radius 3 is 2.36 bits per heavy atom. The molecule has 3 aromatic rings. The predicted octanol–water partition coefficient (Wildman–Crippen LogP) is 6.05. The molecule has 8 heteroatoms. The van der Waals surface area contributed by atoms with Crippen LogP contribution in [0.4, 0.5) is 13.2 Å². The highest BCUT2D eigenvalue weighted by Gasteiger charge is 2.31. The number of aromatic nitrogens is 1. The predicted molar refractivity (Wildman–Crippen MR) is 121 cm³/mol. The molecule has 1 N–H and O–H groups in total. The second-order valence-electron chi connectivity index (χ2n) is 7.79. The normalized spacial score (nSPS) is 14.2. The van der Waals surface area contributed by atoms with E-state index in [2.05, 4.69) is 10.3 Å². The third-order valence-corrected chi connectivity index (χ3v) is 5.55. The third-order valence-electron chi connectivity index (χ3n) is 5.30. The van der Waals surface area contributed by atoms with Gasteiger partial charge in [0.15, 0.2) is 6.10 Å². The van der Waals surface area contributed by atoms with Gasteiger partial charge in [0.25, 0.3) is 5.91 Å². The van der Waals surface area contributed by atoms with Gasteiger partial charge in [-0.05, 0) is 49.6 Å². The van der Waals surface area contributed by atoms with E-state index >= 15 is 0 Å². The van der Waals surface area contributed by atoms with Crippen LogP contribution in [0, 0.1) is 0 Å². The molecule has 1 aromatic heterocycles. The van der Waals surface area contributed by atoms with Crippen molar-refractivity contribution in [2.75, 3.05) is 0 Å². The Morgan fingerprint density at radius 2 is 1.73 bits per heavy atom. The van der Waals surface area contributed by atoms with Gasteiger partial charge in [0.2, 0.25) is 5.88 Å². The molecule has 0 spiro atoms. The largest absolute Gasteiger partial charge is 0.465 e.